The molecule has 2 heterocycles. The fraction of sp³-hybridized carbons (Fsp3) is 0.692. The van der Waals surface area contributed by atoms with E-state index < -0.39 is 10.0 Å². The van der Waals surface area contributed by atoms with Crippen molar-refractivity contribution in [2.24, 2.45) is 5.92 Å². The van der Waals surface area contributed by atoms with Crippen LogP contribution in [0.1, 0.15) is 18.4 Å². The van der Waals surface area contributed by atoms with E-state index in [1.165, 1.54) is 15.6 Å². The normalized spacial score (nSPS) is 18.9. The van der Waals surface area contributed by atoms with Crippen LogP contribution in [0.5, 0.6) is 0 Å². The van der Waals surface area contributed by atoms with Gasteiger partial charge in [-0.05, 0) is 73.4 Å². The van der Waals surface area contributed by atoms with Gasteiger partial charge in [0.25, 0.3) is 10.0 Å². The third kappa shape index (κ3) is 3.62. The molecule has 7 heteroatoms. The van der Waals surface area contributed by atoms with Crippen molar-refractivity contribution in [2.75, 3.05) is 33.7 Å². The molecule has 4 nitrogen and oxygen atoms in total. The Bertz CT molecular complexity index is 543. The van der Waals surface area contributed by atoms with E-state index in [-0.39, 0.29) is 0 Å². The van der Waals surface area contributed by atoms with Crippen molar-refractivity contribution in [2.45, 2.75) is 24.0 Å². The summed E-state index contributed by atoms with van der Waals surface area (Å²) in [6.07, 6.45) is 2.15. The first-order valence-corrected chi connectivity index (χ1v) is 9.76. The van der Waals surface area contributed by atoms with E-state index in [0.29, 0.717) is 16.7 Å². The lowest BCUT2D eigenvalue weighted by atomic mass is 9.97. The fourth-order valence-corrected chi connectivity index (χ4v) is 6.10. The van der Waals surface area contributed by atoms with E-state index >= 15 is 0 Å². The molecule has 1 aliphatic rings. The molecule has 0 unspecified atom stereocenters. The van der Waals surface area contributed by atoms with Crippen molar-refractivity contribution >= 4 is 37.3 Å². The summed E-state index contributed by atoms with van der Waals surface area (Å²) >= 11 is 4.68. The molecule has 0 spiro atoms. The van der Waals surface area contributed by atoms with Crippen LogP contribution in [0, 0.1) is 12.8 Å². The molecule has 1 saturated heterocycles. The van der Waals surface area contributed by atoms with Crippen LogP contribution >= 0.6 is 27.3 Å². The van der Waals surface area contributed by atoms with Crippen LogP contribution in [-0.2, 0) is 10.0 Å². The molecular weight excluding hydrogens is 360 g/mol. The molecule has 0 radical (unpaired) electrons. The van der Waals surface area contributed by atoms with Gasteiger partial charge in [-0.3, -0.25) is 0 Å². The van der Waals surface area contributed by atoms with Crippen molar-refractivity contribution in [3.8, 4) is 0 Å². The maximum atomic E-state index is 12.5. The van der Waals surface area contributed by atoms with Gasteiger partial charge >= 0.3 is 0 Å². The first kappa shape index (κ1) is 16.4. The Kier molecular flexibility index (Phi) is 5.29. The van der Waals surface area contributed by atoms with Gasteiger partial charge in [0.05, 0.1) is 3.79 Å². The zero-order chi connectivity index (χ0) is 14.9. The molecular formula is C13H21BrN2O2S2. The lowest BCUT2D eigenvalue weighted by Crippen LogP contribution is -2.37. The summed E-state index contributed by atoms with van der Waals surface area (Å²) in [7, 11) is 0.459. The summed E-state index contributed by atoms with van der Waals surface area (Å²) < 4.78 is 27.9. The highest BCUT2D eigenvalue weighted by Crippen LogP contribution is 2.32. The molecule has 1 aromatic rings. The molecule has 0 aliphatic carbocycles. The van der Waals surface area contributed by atoms with Crippen LogP contribution in [0.15, 0.2) is 14.1 Å². The van der Waals surface area contributed by atoms with Crippen molar-refractivity contribution in [1.82, 2.24) is 9.21 Å². The standard InChI is InChI=1S/C13H21BrN2O2S2/c1-10-8-12(19-13(10)14)20(17,18)16(3)9-11-4-6-15(2)7-5-11/h8,11H,4-7,9H2,1-3H3. The second-order valence-electron chi connectivity index (χ2n) is 5.55. The largest absolute Gasteiger partial charge is 0.306 e. The Hall–Kier alpha value is 0.0500. The number of thiophene rings is 1. The van der Waals surface area contributed by atoms with Gasteiger partial charge in [0.2, 0.25) is 0 Å². The molecule has 114 valence electrons. The van der Waals surface area contributed by atoms with Crippen molar-refractivity contribution in [1.29, 1.82) is 0 Å². The Morgan fingerprint density at radius 1 is 1.45 bits per heavy atom. The Morgan fingerprint density at radius 3 is 2.55 bits per heavy atom. The number of halogens is 1. The number of rotatable bonds is 4. The first-order chi connectivity index (χ1) is 9.30. The number of aryl methyl sites for hydroxylation is 1. The number of sulfonamides is 1. The van der Waals surface area contributed by atoms with Crippen LogP contribution in [0.3, 0.4) is 0 Å². The lowest BCUT2D eigenvalue weighted by Gasteiger charge is -2.31. The second-order valence-corrected chi connectivity index (χ2v) is 10.2. The molecule has 0 bridgehead atoms. The molecule has 0 saturated carbocycles. The summed E-state index contributed by atoms with van der Waals surface area (Å²) in [4.78, 5) is 2.30. The van der Waals surface area contributed by atoms with Crippen LogP contribution < -0.4 is 0 Å². The average molecular weight is 381 g/mol. The highest BCUT2D eigenvalue weighted by Gasteiger charge is 2.27. The minimum Gasteiger partial charge on any atom is -0.306 e. The van der Waals surface area contributed by atoms with Gasteiger partial charge in [0, 0.05) is 13.6 Å². The molecule has 0 N–H and O–H groups in total. The van der Waals surface area contributed by atoms with E-state index in [1.54, 1.807) is 13.1 Å². The predicted octanol–water partition coefficient (Wildman–Crippen LogP) is 2.78. The van der Waals surface area contributed by atoms with Gasteiger partial charge in [0.15, 0.2) is 0 Å². The van der Waals surface area contributed by atoms with E-state index in [2.05, 4.69) is 27.9 Å². The van der Waals surface area contributed by atoms with Crippen LogP contribution in [0.25, 0.3) is 0 Å². The van der Waals surface area contributed by atoms with Gasteiger partial charge < -0.3 is 4.90 Å². The van der Waals surface area contributed by atoms with Gasteiger partial charge in [0.1, 0.15) is 4.21 Å². The molecule has 2 rings (SSSR count). The quantitative estimate of drug-likeness (QED) is 0.805. The van der Waals surface area contributed by atoms with Crippen LogP contribution in [-0.4, -0.2) is 51.4 Å². The number of nitrogens with zero attached hydrogens (tertiary/aromatic N) is 2. The number of hydrogen-bond acceptors (Lipinski definition) is 4. The zero-order valence-corrected chi connectivity index (χ0v) is 15.3. The van der Waals surface area contributed by atoms with E-state index in [0.717, 1.165) is 35.3 Å². The molecule has 20 heavy (non-hydrogen) atoms. The lowest BCUT2D eigenvalue weighted by molar-refractivity contribution is 0.202. The van der Waals surface area contributed by atoms with E-state index in [1.807, 2.05) is 6.92 Å². The van der Waals surface area contributed by atoms with E-state index in [4.69, 9.17) is 0 Å². The Morgan fingerprint density at radius 2 is 2.05 bits per heavy atom. The molecule has 1 aliphatic heterocycles. The molecule has 0 amide bonds. The van der Waals surface area contributed by atoms with Crippen LogP contribution in [0.2, 0.25) is 0 Å². The third-order valence-electron chi connectivity index (χ3n) is 3.85. The van der Waals surface area contributed by atoms with Crippen LogP contribution in [0.4, 0.5) is 0 Å². The highest BCUT2D eigenvalue weighted by molar-refractivity contribution is 9.11. The monoisotopic (exact) mass is 380 g/mol. The minimum absolute atomic E-state index is 0.428. The topological polar surface area (TPSA) is 40.6 Å². The second kappa shape index (κ2) is 6.44. The SMILES string of the molecule is Cc1cc(S(=O)(=O)N(C)CC2CCN(C)CC2)sc1Br. The first-order valence-electron chi connectivity index (χ1n) is 6.71. The number of piperidine rings is 1. The van der Waals surface area contributed by atoms with Crippen molar-refractivity contribution < 1.29 is 8.42 Å². The summed E-state index contributed by atoms with van der Waals surface area (Å²) in [5, 5.41) is 0. The maximum Gasteiger partial charge on any atom is 0.252 e. The van der Waals surface area contributed by atoms with Gasteiger partial charge in [-0.15, -0.1) is 11.3 Å². The Labute approximate surface area is 133 Å². The van der Waals surface area contributed by atoms with Crippen molar-refractivity contribution in [3.63, 3.8) is 0 Å². The zero-order valence-electron chi connectivity index (χ0n) is 12.1. The maximum absolute atomic E-state index is 12.5. The highest BCUT2D eigenvalue weighted by atomic mass is 79.9. The number of hydrogen-bond donors (Lipinski definition) is 0. The average Bonchev–Trinajstić information content (AvgIpc) is 2.73. The number of likely N-dealkylation sites (tertiary alicyclic amines) is 1. The smallest absolute Gasteiger partial charge is 0.252 e. The molecule has 1 fully saturated rings. The molecule has 0 atom stereocenters. The van der Waals surface area contributed by atoms with Crippen molar-refractivity contribution in [3.05, 3.63) is 15.4 Å². The summed E-state index contributed by atoms with van der Waals surface area (Å²) in [6.45, 7) is 4.64. The summed E-state index contributed by atoms with van der Waals surface area (Å²) in [5.41, 5.74) is 0.973. The Balaban J connectivity index is 2.05. The van der Waals surface area contributed by atoms with Gasteiger partial charge in [-0.25, -0.2) is 8.42 Å². The minimum atomic E-state index is -3.35. The third-order valence-corrected chi connectivity index (χ3v) is 8.26. The van der Waals surface area contributed by atoms with Gasteiger partial charge in [-0.1, -0.05) is 0 Å². The molecule has 1 aromatic heterocycles. The summed E-state index contributed by atoms with van der Waals surface area (Å²) in [5.74, 6) is 0.468. The molecule has 0 aromatic carbocycles. The predicted molar refractivity (Wildman–Crippen MR) is 86.8 cm³/mol. The summed E-state index contributed by atoms with van der Waals surface area (Å²) in [6, 6.07) is 1.75. The van der Waals surface area contributed by atoms with Gasteiger partial charge in [-0.2, -0.15) is 4.31 Å². The van der Waals surface area contributed by atoms with E-state index in [9.17, 15) is 8.42 Å². The fourth-order valence-electron chi connectivity index (χ4n) is 2.42.